The molecule has 132 valence electrons. The van der Waals surface area contributed by atoms with E-state index in [1.807, 2.05) is 4.90 Å². The average Bonchev–Trinajstić information content (AvgIpc) is 3.34. The van der Waals surface area contributed by atoms with Crippen LogP contribution in [0.5, 0.6) is 0 Å². The molecular formula is C17H25N3O3S. The summed E-state index contributed by atoms with van der Waals surface area (Å²) >= 11 is 1.75. The molecule has 1 aliphatic carbocycles. The molecule has 3 rings (SSSR count). The Morgan fingerprint density at radius 1 is 1.25 bits per heavy atom. The zero-order valence-corrected chi connectivity index (χ0v) is 15.0. The Labute approximate surface area is 146 Å². The number of rotatable bonds is 7. The second-order valence-corrected chi connectivity index (χ2v) is 7.34. The molecule has 0 aromatic carbocycles. The van der Waals surface area contributed by atoms with E-state index < -0.39 is 0 Å². The molecule has 1 aromatic rings. The molecule has 0 radical (unpaired) electrons. The second kappa shape index (κ2) is 8.07. The van der Waals surface area contributed by atoms with Crippen molar-refractivity contribution in [3.8, 4) is 0 Å². The largest absolute Gasteiger partial charge is 0.466 e. The number of carbonyl (C=O) groups is 2. The Kier molecular flexibility index (Phi) is 5.84. The lowest BCUT2D eigenvalue weighted by Crippen LogP contribution is -2.48. The van der Waals surface area contributed by atoms with E-state index in [9.17, 15) is 9.59 Å². The van der Waals surface area contributed by atoms with Gasteiger partial charge in [-0.3, -0.25) is 14.5 Å². The highest BCUT2D eigenvalue weighted by atomic mass is 32.1. The lowest BCUT2D eigenvalue weighted by molar-refractivity contribution is -0.146. The fraction of sp³-hybridized carbons (Fsp3) is 0.706. The molecule has 1 saturated carbocycles. The van der Waals surface area contributed by atoms with Crippen LogP contribution in [0.3, 0.4) is 0 Å². The molecule has 7 heteroatoms. The Bertz CT molecular complexity index is 577. The maximum atomic E-state index is 12.1. The molecule has 0 atom stereocenters. The first-order chi connectivity index (χ1) is 11.7. The molecule has 0 unspecified atom stereocenters. The van der Waals surface area contributed by atoms with Gasteiger partial charge in [0.05, 0.1) is 25.3 Å². The van der Waals surface area contributed by atoms with Gasteiger partial charge in [-0.25, -0.2) is 4.98 Å². The molecule has 0 N–H and O–H groups in total. The predicted octanol–water partition coefficient (Wildman–Crippen LogP) is 2.01. The van der Waals surface area contributed by atoms with Crippen molar-refractivity contribution in [2.24, 2.45) is 0 Å². The van der Waals surface area contributed by atoms with Crippen LogP contribution in [-0.2, 0) is 20.9 Å². The summed E-state index contributed by atoms with van der Waals surface area (Å²) in [5, 5.41) is 3.38. The van der Waals surface area contributed by atoms with E-state index >= 15 is 0 Å². The first kappa shape index (κ1) is 17.4. The summed E-state index contributed by atoms with van der Waals surface area (Å²) in [6.07, 6.45) is 3.00. The molecule has 2 aliphatic rings. The number of ether oxygens (including phenoxy) is 1. The third-order valence-corrected chi connectivity index (χ3v) is 5.35. The standard InChI is InChI=1S/C17H25N3O3S/c1-2-23-17(22)6-5-16(21)20-9-7-19(8-10-20)11-15-18-14(12-24-15)13-3-4-13/h12-13H,2-11H2,1H3. The fourth-order valence-corrected chi connectivity index (χ4v) is 3.83. The van der Waals surface area contributed by atoms with Crippen molar-refractivity contribution < 1.29 is 14.3 Å². The first-order valence-electron chi connectivity index (χ1n) is 8.75. The van der Waals surface area contributed by atoms with Gasteiger partial charge in [-0.1, -0.05) is 0 Å². The minimum atomic E-state index is -0.292. The lowest BCUT2D eigenvalue weighted by Gasteiger charge is -2.34. The SMILES string of the molecule is CCOC(=O)CCC(=O)N1CCN(Cc2nc(C3CC3)cs2)CC1. The van der Waals surface area contributed by atoms with Crippen molar-refractivity contribution in [2.75, 3.05) is 32.8 Å². The molecule has 24 heavy (non-hydrogen) atoms. The van der Waals surface area contributed by atoms with Crippen LogP contribution in [0.4, 0.5) is 0 Å². The molecule has 6 nitrogen and oxygen atoms in total. The highest BCUT2D eigenvalue weighted by molar-refractivity contribution is 7.09. The number of aromatic nitrogens is 1. The van der Waals surface area contributed by atoms with Crippen LogP contribution in [0.2, 0.25) is 0 Å². The number of hydrogen-bond donors (Lipinski definition) is 0. The highest BCUT2D eigenvalue weighted by Crippen LogP contribution is 2.40. The van der Waals surface area contributed by atoms with Gasteiger partial charge in [0.15, 0.2) is 0 Å². The molecule has 2 heterocycles. The summed E-state index contributed by atoms with van der Waals surface area (Å²) < 4.78 is 4.86. The minimum absolute atomic E-state index is 0.0490. The van der Waals surface area contributed by atoms with E-state index in [0.29, 0.717) is 12.5 Å². The number of amides is 1. The molecule has 2 fully saturated rings. The topological polar surface area (TPSA) is 62.7 Å². The summed E-state index contributed by atoms with van der Waals surface area (Å²) in [5.74, 6) is 0.469. The molecule has 0 spiro atoms. The number of carbonyl (C=O) groups excluding carboxylic acids is 2. The van der Waals surface area contributed by atoms with Crippen LogP contribution in [-0.4, -0.2) is 59.4 Å². The quantitative estimate of drug-likeness (QED) is 0.703. The summed E-state index contributed by atoms with van der Waals surface area (Å²) in [5.41, 5.74) is 1.27. The van der Waals surface area contributed by atoms with Crippen LogP contribution in [0, 0.1) is 0 Å². The third-order valence-electron chi connectivity index (χ3n) is 4.50. The van der Waals surface area contributed by atoms with Crippen LogP contribution < -0.4 is 0 Å². The van der Waals surface area contributed by atoms with Crippen molar-refractivity contribution in [2.45, 2.75) is 45.1 Å². The maximum absolute atomic E-state index is 12.1. The van der Waals surface area contributed by atoms with E-state index in [0.717, 1.165) is 32.7 Å². The van der Waals surface area contributed by atoms with E-state index in [1.54, 1.807) is 18.3 Å². The van der Waals surface area contributed by atoms with Gasteiger partial charge in [-0.2, -0.15) is 0 Å². The van der Waals surface area contributed by atoms with Gasteiger partial charge < -0.3 is 9.64 Å². The number of piperazine rings is 1. The number of hydrogen-bond acceptors (Lipinski definition) is 6. The van der Waals surface area contributed by atoms with Crippen LogP contribution in [0.15, 0.2) is 5.38 Å². The van der Waals surface area contributed by atoms with Crippen molar-refractivity contribution in [1.29, 1.82) is 0 Å². The zero-order valence-electron chi connectivity index (χ0n) is 14.2. The van der Waals surface area contributed by atoms with E-state index in [4.69, 9.17) is 9.72 Å². The minimum Gasteiger partial charge on any atom is -0.466 e. The third kappa shape index (κ3) is 4.77. The monoisotopic (exact) mass is 351 g/mol. The highest BCUT2D eigenvalue weighted by Gasteiger charge is 2.27. The van der Waals surface area contributed by atoms with Crippen molar-refractivity contribution in [3.05, 3.63) is 16.1 Å². The van der Waals surface area contributed by atoms with Crippen molar-refractivity contribution in [3.63, 3.8) is 0 Å². The Hall–Kier alpha value is -1.47. The Balaban J connectivity index is 1.38. The predicted molar refractivity (Wildman–Crippen MR) is 91.8 cm³/mol. The summed E-state index contributed by atoms with van der Waals surface area (Å²) in [7, 11) is 0. The maximum Gasteiger partial charge on any atom is 0.306 e. The molecule has 1 saturated heterocycles. The molecule has 1 aliphatic heterocycles. The van der Waals surface area contributed by atoms with Crippen molar-refractivity contribution >= 4 is 23.2 Å². The van der Waals surface area contributed by atoms with Crippen LogP contribution >= 0.6 is 11.3 Å². The first-order valence-corrected chi connectivity index (χ1v) is 9.63. The van der Waals surface area contributed by atoms with Gasteiger partial charge in [-0.15, -0.1) is 11.3 Å². The van der Waals surface area contributed by atoms with Crippen molar-refractivity contribution in [1.82, 2.24) is 14.8 Å². The number of esters is 1. The van der Waals surface area contributed by atoms with E-state index in [2.05, 4.69) is 10.3 Å². The average molecular weight is 351 g/mol. The summed E-state index contributed by atoms with van der Waals surface area (Å²) in [6, 6.07) is 0. The van der Waals surface area contributed by atoms with Gasteiger partial charge in [0.25, 0.3) is 0 Å². The van der Waals surface area contributed by atoms with Crippen LogP contribution in [0.1, 0.15) is 49.2 Å². The summed E-state index contributed by atoms with van der Waals surface area (Å²) in [6.45, 7) is 6.19. The van der Waals surface area contributed by atoms with Gasteiger partial charge >= 0.3 is 5.97 Å². The second-order valence-electron chi connectivity index (χ2n) is 6.40. The van der Waals surface area contributed by atoms with E-state index in [-0.39, 0.29) is 24.7 Å². The molecule has 0 bridgehead atoms. The fourth-order valence-electron chi connectivity index (χ4n) is 2.91. The lowest BCUT2D eigenvalue weighted by atomic mass is 10.2. The van der Waals surface area contributed by atoms with Crippen LogP contribution in [0.25, 0.3) is 0 Å². The van der Waals surface area contributed by atoms with Gasteiger partial charge in [0.2, 0.25) is 5.91 Å². The zero-order chi connectivity index (χ0) is 16.9. The normalized spacial score (nSPS) is 18.6. The number of nitrogens with zero attached hydrogens (tertiary/aromatic N) is 3. The summed E-state index contributed by atoms with van der Waals surface area (Å²) in [4.78, 5) is 32.4. The van der Waals surface area contributed by atoms with E-state index in [1.165, 1.54) is 23.5 Å². The smallest absolute Gasteiger partial charge is 0.306 e. The Morgan fingerprint density at radius 3 is 2.67 bits per heavy atom. The van der Waals surface area contributed by atoms with Gasteiger partial charge in [0, 0.05) is 43.9 Å². The number of thiazole rings is 1. The molecule has 1 aromatic heterocycles. The molecule has 1 amide bonds. The Morgan fingerprint density at radius 2 is 2.00 bits per heavy atom. The molecular weight excluding hydrogens is 326 g/mol. The van der Waals surface area contributed by atoms with Gasteiger partial charge in [-0.05, 0) is 19.8 Å². The van der Waals surface area contributed by atoms with Gasteiger partial charge in [0.1, 0.15) is 5.01 Å².